The zero-order valence-corrected chi connectivity index (χ0v) is 29.0. The molecule has 0 N–H and O–H groups in total. The molecule has 3 rings (SSSR count). The fourth-order valence-electron chi connectivity index (χ4n) is 4.92. The van der Waals surface area contributed by atoms with Crippen LogP contribution in [0.4, 0.5) is 0 Å². The second kappa shape index (κ2) is 18.9. The van der Waals surface area contributed by atoms with Crippen LogP contribution in [0.3, 0.4) is 0 Å². The topological polar surface area (TPSA) is 107 Å². The summed E-state index contributed by atoms with van der Waals surface area (Å²) >= 11 is 0. The monoisotopic (exact) mass is 670 g/mol. The summed E-state index contributed by atoms with van der Waals surface area (Å²) in [6, 6.07) is 21.3. The van der Waals surface area contributed by atoms with E-state index in [0.717, 1.165) is 22.3 Å². The number of hydrogen-bond acceptors (Lipinski definition) is 9. The van der Waals surface area contributed by atoms with Crippen LogP contribution in [-0.2, 0) is 28.6 Å². The van der Waals surface area contributed by atoms with Crippen molar-refractivity contribution in [2.75, 3.05) is 39.6 Å². The molecule has 0 spiro atoms. The van der Waals surface area contributed by atoms with Crippen molar-refractivity contribution in [2.45, 2.75) is 46.5 Å². The molecule has 0 fully saturated rings. The summed E-state index contributed by atoms with van der Waals surface area (Å²) in [5.41, 5.74) is 4.55. The minimum absolute atomic E-state index is 0.0352. The lowest BCUT2D eigenvalue weighted by atomic mass is 9.85. The highest BCUT2D eigenvalue weighted by Gasteiger charge is 2.24. The third-order valence-electron chi connectivity index (χ3n) is 7.54. The number of esters is 3. The Kier molecular flexibility index (Phi) is 14.7. The predicted molar refractivity (Wildman–Crippen MR) is 188 cm³/mol. The molecule has 0 bridgehead atoms. The first-order valence-corrected chi connectivity index (χ1v) is 16.1. The summed E-state index contributed by atoms with van der Waals surface area (Å²) in [5, 5.41) is 0. The van der Waals surface area contributed by atoms with Gasteiger partial charge in [0.05, 0.1) is 0 Å². The van der Waals surface area contributed by atoms with Gasteiger partial charge in [0.25, 0.3) is 0 Å². The van der Waals surface area contributed by atoms with Crippen molar-refractivity contribution in [3.8, 4) is 17.2 Å². The maximum absolute atomic E-state index is 12.0. The standard InChI is InChI=1S/C40H46O9/c1-26(2)38(41)47-23-20-44-35-18-11-9-14-31(35)29(7)33-16-13-17-34(37(33)46-22-25-49-40(43)28(5)6)30(8)32-15-10-12-19-36(32)45-21-24-48-39(42)27(3)4/h9-19,29-30H,1,3,5,20-25H2,2,4,6-8H3. The van der Waals surface area contributed by atoms with Crippen molar-refractivity contribution < 1.29 is 42.8 Å². The molecule has 2 atom stereocenters. The van der Waals surface area contributed by atoms with Gasteiger partial charge >= 0.3 is 17.9 Å². The van der Waals surface area contributed by atoms with Gasteiger partial charge < -0.3 is 28.4 Å². The average Bonchev–Trinajstić information content (AvgIpc) is 3.09. The molecule has 49 heavy (non-hydrogen) atoms. The maximum Gasteiger partial charge on any atom is 0.333 e. The highest BCUT2D eigenvalue weighted by atomic mass is 16.6. The van der Waals surface area contributed by atoms with Gasteiger partial charge in [0.1, 0.15) is 56.9 Å². The molecule has 9 heteroatoms. The maximum atomic E-state index is 12.0. The highest BCUT2D eigenvalue weighted by Crippen LogP contribution is 2.43. The summed E-state index contributed by atoms with van der Waals surface area (Å²) in [7, 11) is 0. The smallest absolute Gasteiger partial charge is 0.333 e. The molecular weight excluding hydrogens is 624 g/mol. The molecule has 260 valence electrons. The van der Waals surface area contributed by atoms with E-state index in [1.807, 2.05) is 66.7 Å². The minimum Gasteiger partial charge on any atom is -0.490 e. The Balaban J connectivity index is 1.93. The molecule has 2 unspecified atom stereocenters. The van der Waals surface area contributed by atoms with Gasteiger partial charge in [0, 0.05) is 50.8 Å². The van der Waals surface area contributed by atoms with Gasteiger partial charge in [-0.25, -0.2) is 14.4 Å². The predicted octanol–water partition coefficient (Wildman–Crippen LogP) is 7.48. The van der Waals surface area contributed by atoms with Crippen LogP contribution in [0.5, 0.6) is 17.2 Å². The fourth-order valence-corrected chi connectivity index (χ4v) is 4.92. The van der Waals surface area contributed by atoms with Gasteiger partial charge in [-0.15, -0.1) is 0 Å². The molecule has 0 radical (unpaired) electrons. The molecular formula is C40H46O9. The van der Waals surface area contributed by atoms with E-state index in [2.05, 4.69) is 33.6 Å². The lowest BCUT2D eigenvalue weighted by molar-refractivity contribution is -0.140. The van der Waals surface area contributed by atoms with Gasteiger partial charge in [-0.2, -0.15) is 0 Å². The molecule has 3 aromatic carbocycles. The van der Waals surface area contributed by atoms with E-state index in [1.165, 1.54) is 0 Å². The van der Waals surface area contributed by atoms with E-state index >= 15 is 0 Å². The van der Waals surface area contributed by atoms with Gasteiger partial charge in [-0.05, 0) is 32.9 Å². The third-order valence-corrected chi connectivity index (χ3v) is 7.54. The largest absolute Gasteiger partial charge is 0.490 e. The lowest BCUT2D eigenvalue weighted by Crippen LogP contribution is -2.16. The van der Waals surface area contributed by atoms with Gasteiger partial charge in [-0.3, -0.25) is 0 Å². The number of ether oxygens (including phenoxy) is 6. The van der Waals surface area contributed by atoms with Crippen LogP contribution < -0.4 is 14.2 Å². The van der Waals surface area contributed by atoms with Gasteiger partial charge in [0.2, 0.25) is 0 Å². The number of carbonyl (C=O) groups is 3. The Labute approximate surface area is 289 Å². The molecule has 0 saturated carbocycles. The molecule has 0 heterocycles. The van der Waals surface area contributed by atoms with E-state index in [1.54, 1.807) is 20.8 Å². The number of para-hydroxylation sites is 3. The molecule has 0 saturated heterocycles. The molecule has 9 nitrogen and oxygen atoms in total. The Hall–Kier alpha value is -5.31. The number of hydrogen-bond donors (Lipinski definition) is 0. The zero-order valence-electron chi connectivity index (χ0n) is 29.0. The van der Waals surface area contributed by atoms with E-state index in [4.69, 9.17) is 28.4 Å². The molecule has 0 aliphatic carbocycles. The minimum atomic E-state index is -0.487. The van der Waals surface area contributed by atoms with Crippen LogP contribution >= 0.6 is 0 Å². The Morgan fingerprint density at radius 2 is 0.816 bits per heavy atom. The summed E-state index contributed by atoms with van der Waals surface area (Å²) in [4.78, 5) is 35.6. The quantitative estimate of drug-likeness (QED) is 0.0555. The van der Waals surface area contributed by atoms with E-state index in [9.17, 15) is 14.4 Å². The van der Waals surface area contributed by atoms with E-state index < -0.39 is 17.9 Å². The molecule has 3 aromatic rings. The zero-order chi connectivity index (χ0) is 35.9. The van der Waals surface area contributed by atoms with E-state index in [0.29, 0.717) is 34.0 Å². The number of carbonyl (C=O) groups excluding carboxylic acids is 3. The summed E-state index contributed by atoms with van der Waals surface area (Å²) in [6.07, 6.45) is 0. The Morgan fingerprint density at radius 3 is 1.18 bits per heavy atom. The van der Waals surface area contributed by atoms with Gasteiger partial charge in [0.15, 0.2) is 0 Å². The normalized spacial score (nSPS) is 11.8. The van der Waals surface area contributed by atoms with E-state index in [-0.39, 0.29) is 51.5 Å². The number of benzene rings is 3. The van der Waals surface area contributed by atoms with Crippen LogP contribution in [0, 0.1) is 0 Å². The highest BCUT2D eigenvalue weighted by molar-refractivity contribution is 5.87. The van der Waals surface area contributed by atoms with Crippen LogP contribution in [-0.4, -0.2) is 57.5 Å². The molecule has 0 aliphatic rings. The molecule has 0 aromatic heterocycles. The average molecular weight is 671 g/mol. The second-order valence-electron chi connectivity index (χ2n) is 11.6. The van der Waals surface area contributed by atoms with Crippen molar-refractivity contribution in [3.63, 3.8) is 0 Å². The molecule has 0 aliphatic heterocycles. The fraction of sp³-hybridized carbons (Fsp3) is 0.325. The van der Waals surface area contributed by atoms with Crippen LogP contribution in [0.15, 0.2) is 103 Å². The van der Waals surface area contributed by atoms with Crippen molar-refractivity contribution in [2.24, 2.45) is 0 Å². The summed E-state index contributed by atoms with van der Waals surface area (Å²) < 4.78 is 34.3. The third kappa shape index (κ3) is 11.1. The van der Waals surface area contributed by atoms with Gasteiger partial charge in [-0.1, -0.05) is 88.2 Å². The van der Waals surface area contributed by atoms with Crippen LogP contribution in [0.25, 0.3) is 0 Å². The van der Waals surface area contributed by atoms with Crippen molar-refractivity contribution in [1.29, 1.82) is 0 Å². The summed E-state index contributed by atoms with van der Waals surface area (Å²) in [5.74, 6) is 0.130. The number of rotatable bonds is 19. The van der Waals surface area contributed by atoms with Crippen molar-refractivity contribution in [1.82, 2.24) is 0 Å². The van der Waals surface area contributed by atoms with Crippen molar-refractivity contribution >= 4 is 17.9 Å². The first-order valence-electron chi connectivity index (χ1n) is 16.1. The Bertz CT molecular complexity index is 1550. The van der Waals surface area contributed by atoms with Crippen LogP contribution in [0.1, 0.15) is 68.7 Å². The van der Waals surface area contributed by atoms with Crippen LogP contribution in [0.2, 0.25) is 0 Å². The first kappa shape index (κ1) is 38.1. The lowest BCUT2D eigenvalue weighted by Gasteiger charge is -2.25. The Morgan fingerprint density at radius 1 is 0.490 bits per heavy atom. The molecule has 0 amide bonds. The SMILES string of the molecule is C=C(C)C(=O)OCCOc1ccccc1C(C)c1cccc(C(C)c2ccccc2OCCOC(=O)C(=C)C)c1OCCOC(=O)C(=C)C. The second-order valence-corrected chi connectivity index (χ2v) is 11.6. The van der Waals surface area contributed by atoms with Crippen molar-refractivity contribution in [3.05, 3.63) is 125 Å². The first-order chi connectivity index (χ1) is 23.4. The summed E-state index contributed by atoms with van der Waals surface area (Å²) in [6.45, 7) is 20.4.